The van der Waals surface area contributed by atoms with Crippen molar-refractivity contribution < 1.29 is 0 Å². The molecule has 0 spiro atoms. The number of hydrogen-bond acceptors (Lipinski definition) is 6. The number of nitrogens with zero attached hydrogens (tertiary/aromatic N) is 10. The minimum atomic E-state index is -0.117. The van der Waals surface area contributed by atoms with Gasteiger partial charge in [0.25, 0.3) is 0 Å². The Labute approximate surface area is 536 Å². The van der Waals surface area contributed by atoms with Crippen LogP contribution in [0, 0.1) is 0 Å². The maximum Gasteiger partial charge on any atom is 0.238 e. The van der Waals surface area contributed by atoms with E-state index in [1.54, 1.807) is 0 Å². The zero-order valence-corrected chi connectivity index (χ0v) is 51.6. The first kappa shape index (κ1) is 53.4. The quantitative estimate of drug-likeness (QED) is 0.158. The van der Waals surface area contributed by atoms with Crippen LogP contribution in [0.5, 0.6) is 0 Å². The van der Waals surface area contributed by atoms with Gasteiger partial charge in [0.1, 0.15) is 0 Å². The fraction of sp³-hybridized carbons (Fsp3) is 0.0370. The van der Waals surface area contributed by atoms with Gasteiger partial charge in [-0.2, -0.15) is 19.9 Å². The summed E-state index contributed by atoms with van der Waals surface area (Å²) in [7, 11) is 0. The van der Waals surface area contributed by atoms with E-state index in [9.17, 15) is 0 Å². The highest BCUT2D eigenvalue weighted by atomic mass is 79.9. The lowest BCUT2D eigenvalue weighted by molar-refractivity contribution is 0.630. The number of rotatable bonds is 7. The van der Waals surface area contributed by atoms with Gasteiger partial charge in [-0.3, -0.25) is 9.13 Å². The maximum absolute atomic E-state index is 5.14. The highest BCUT2D eigenvalue weighted by Gasteiger charge is 2.35. The van der Waals surface area contributed by atoms with Gasteiger partial charge in [-0.15, -0.1) is 0 Å². The second-order valence-corrected chi connectivity index (χ2v) is 24.8. The van der Waals surface area contributed by atoms with Gasteiger partial charge < -0.3 is 9.13 Å². The zero-order chi connectivity index (χ0) is 61.2. The standard InChI is InChI=1S/C42H29N5.C39H24BrN5/c1-42(2)32-20-10-12-23-35(32)46-36-24-30-28-18-9-11-22-34(28)47(37(30)25-31(36)29-19-13-21-33(42)38(29)46)41-44-39(26-14-5-3-6-15-26)43-40(45-41)27-16-7-4-8-17-27;40-31-19-9-12-22-34(31)44-32-20-10-7-17-27(32)29-24-36-30(23-35(29)44)28-18-8-11-21-33(28)45(36)39-42-37(25-13-3-1-4-14-25)41-38(43-39)26-15-5-2-6-16-26/h3-25H,1-2H3;1-24H. The molecule has 12 aromatic carbocycles. The highest BCUT2D eigenvalue weighted by molar-refractivity contribution is 9.10. The molecule has 0 saturated heterocycles. The minimum absolute atomic E-state index is 0.117. The summed E-state index contributed by atoms with van der Waals surface area (Å²) in [5.74, 6) is 3.75. The summed E-state index contributed by atoms with van der Waals surface area (Å²) in [6.45, 7) is 4.68. The summed E-state index contributed by atoms with van der Waals surface area (Å²) in [6, 6.07) is 99.6. The molecule has 0 saturated carbocycles. The van der Waals surface area contributed by atoms with Crippen molar-refractivity contribution in [1.29, 1.82) is 0 Å². The van der Waals surface area contributed by atoms with Crippen LogP contribution in [0.3, 0.4) is 0 Å². The van der Waals surface area contributed by atoms with E-state index in [1.165, 1.54) is 54.8 Å². The van der Waals surface area contributed by atoms with Crippen molar-refractivity contribution in [3.05, 3.63) is 301 Å². The summed E-state index contributed by atoms with van der Waals surface area (Å²) in [4.78, 5) is 30.4. The fourth-order valence-electron chi connectivity index (χ4n) is 14.2. The van der Waals surface area contributed by atoms with Crippen LogP contribution < -0.4 is 0 Å². The largest absolute Gasteiger partial charge is 0.309 e. The van der Waals surface area contributed by atoms with Gasteiger partial charge in [0.05, 0.1) is 55.5 Å². The van der Waals surface area contributed by atoms with Crippen LogP contribution in [-0.2, 0) is 5.41 Å². The summed E-state index contributed by atoms with van der Waals surface area (Å²) < 4.78 is 10.3. The zero-order valence-electron chi connectivity index (χ0n) is 50.0. The highest BCUT2D eigenvalue weighted by Crippen LogP contribution is 2.49. The topological polar surface area (TPSA) is 97.1 Å². The van der Waals surface area contributed by atoms with Gasteiger partial charge in [0.2, 0.25) is 11.9 Å². The van der Waals surface area contributed by atoms with Crippen molar-refractivity contribution in [2.45, 2.75) is 19.3 Å². The lowest BCUT2D eigenvalue weighted by Gasteiger charge is -2.34. The number of hydrogen-bond donors (Lipinski definition) is 0. The molecule has 0 unspecified atom stereocenters. The molecule has 18 aromatic rings. The van der Waals surface area contributed by atoms with Gasteiger partial charge in [-0.05, 0) is 87.7 Å². The molecule has 0 atom stereocenters. The molecule has 0 N–H and O–H groups in total. The molecule has 92 heavy (non-hydrogen) atoms. The normalized spacial score (nSPS) is 12.6. The van der Waals surface area contributed by atoms with Gasteiger partial charge in [0.15, 0.2) is 23.3 Å². The van der Waals surface area contributed by atoms with E-state index in [0.717, 1.165) is 81.7 Å². The van der Waals surface area contributed by atoms with Crippen LogP contribution in [-0.4, -0.2) is 48.2 Å². The van der Waals surface area contributed by atoms with Crippen molar-refractivity contribution in [3.8, 4) is 68.8 Å². The first-order chi connectivity index (χ1) is 45.3. The molecule has 0 aliphatic carbocycles. The third kappa shape index (κ3) is 8.32. The number of aromatic nitrogens is 10. The van der Waals surface area contributed by atoms with Crippen LogP contribution in [0.15, 0.2) is 290 Å². The predicted molar refractivity (Wildman–Crippen MR) is 379 cm³/mol. The van der Waals surface area contributed by atoms with E-state index in [2.05, 4.69) is 236 Å². The smallest absolute Gasteiger partial charge is 0.238 e. The summed E-state index contributed by atoms with van der Waals surface area (Å²) >= 11 is 3.82. The Morgan fingerprint density at radius 2 is 0.587 bits per heavy atom. The Hall–Kier alpha value is -11.7. The Bertz CT molecular complexity index is 5870. The molecule has 1 aliphatic rings. The first-order valence-electron chi connectivity index (χ1n) is 30.9. The van der Waals surface area contributed by atoms with Crippen molar-refractivity contribution in [1.82, 2.24) is 48.2 Å². The van der Waals surface area contributed by atoms with Crippen LogP contribution in [0.1, 0.15) is 25.0 Å². The van der Waals surface area contributed by atoms with Crippen LogP contribution >= 0.6 is 15.9 Å². The van der Waals surface area contributed by atoms with E-state index < -0.39 is 0 Å². The molecule has 0 radical (unpaired) electrons. The van der Waals surface area contributed by atoms with Gasteiger partial charge in [0, 0.05) is 75.2 Å². The lowest BCUT2D eigenvalue weighted by Crippen LogP contribution is -2.26. The summed E-state index contributed by atoms with van der Waals surface area (Å²) in [6.07, 6.45) is 0. The van der Waals surface area contributed by atoms with Crippen molar-refractivity contribution >= 4 is 103 Å². The molecule has 6 aromatic heterocycles. The molecule has 0 fully saturated rings. The third-order valence-electron chi connectivity index (χ3n) is 18.4. The summed E-state index contributed by atoms with van der Waals surface area (Å²) in [5.41, 5.74) is 17.7. The predicted octanol–water partition coefficient (Wildman–Crippen LogP) is 20.2. The van der Waals surface area contributed by atoms with Gasteiger partial charge in [-0.25, -0.2) is 9.97 Å². The molecule has 0 amide bonds. The Morgan fingerprint density at radius 1 is 0.261 bits per heavy atom. The van der Waals surface area contributed by atoms with E-state index in [1.807, 2.05) is 97.1 Å². The average molecular weight is 1250 g/mol. The molecule has 10 nitrogen and oxygen atoms in total. The third-order valence-corrected chi connectivity index (χ3v) is 19.1. The Kier molecular flexibility index (Phi) is 12.2. The number of fused-ring (bicyclic) bond motifs is 14. The first-order valence-corrected chi connectivity index (χ1v) is 31.7. The van der Waals surface area contributed by atoms with E-state index in [0.29, 0.717) is 35.2 Å². The second-order valence-electron chi connectivity index (χ2n) is 24.0. The van der Waals surface area contributed by atoms with Gasteiger partial charge >= 0.3 is 0 Å². The van der Waals surface area contributed by atoms with Crippen molar-refractivity contribution in [3.63, 3.8) is 0 Å². The summed E-state index contributed by atoms with van der Waals surface area (Å²) in [5, 5.41) is 9.43. The molecule has 0 bridgehead atoms. The van der Waals surface area contributed by atoms with Crippen molar-refractivity contribution in [2.24, 2.45) is 0 Å². The van der Waals surface area contributed by atoms with Gasteiger partial charge in [-0.1, -0.05) is 238 Å². The maximum atomic E-state index is 5.14. The average Bonchev–Trinajstić information content (AvgIpc) is 1.52. The molecular weight excluding hydrogens is 1190 g/mol. The second kappa shape index (κ2) is 21.0. The number of para-hydroxylation sites is 6. The van der Waals surface area contributed by atoms with Crippen LogP contribution in [0.4, 0.5) is 0 Å². The van der Waals surface area contributed by atoms with Crippen LogP contribution in [0.25, 0.3) is 156 Å². The molecule has 7 heterocycles. The fourth-order valence-corrected chi connectivity index (χ4v) is 14.6. The van der Waals surface area contributed by atoms with Crippen LogP contribution in [0.2, 0.25) is 0 Å². The monoisotopic (exact) mass is 1240 g/mol. The SMILES string of the molecule is Brc1ccccc1-n1c2ccccc2c2cc3c(cc21)c1ccccc1n3-c1nc(-c2ccccc2)nc(-c2ccccc2)n1.CC1(C)c2ccccc2-n2c3cc4c5ccccc5n(-c5nc(-c6ccccc6)nc(-c6ccccc6)n5)c4cc3c3cccc1c32. The molecule has 1 aliphatic heterocycles. The minimum Gasteiger partial charge on any atom is -0.309 e. The lowest BCUT2D eigenvalue weighted by atomic mass is 9.75. The number of benzene rings is 12. The molecule has 19 rings (SSSR count). The molecular formula is C81H53BrN10. The molecule has 11 heteroatoms. The van der Waals surface area contributed by atoms with E-state index in [-0.39, 0.29) is 5.41 Å². The van der Waals surface area contributed by atoms with E-state index >= 15 is 0 Å². The number of halogens is 1. The molecule has 434 valence electrons. The Morgan fingerprint density at radius 3 is 1.03 bits per heavy atom. The van der Waals surface area contributed by atoms with Crippen molar-refractivity contribution in [2.75, 3.05) is 0 Å². The van der Waals surface area contributed by atoms with E-state index in [4.69, 9.17) is 29.9 Å². The Balaban J connectivity index is 0.000000136.